The highest BCUT2D eigenvalue weighted by molar-refractivity contribution is 5.88. The summed E-state index contributed by atoms with van der Waals surface area (Å²) in [6.45, 7) is 0. The van der Waals surface area contributed by atoms with Crippen molar-refractivity contribution in [2.45, 2.75) is 23.9 Å². The molecule has 12 heteroatoms. The topological polar surface area (TPSA) is 59.6 Å². The molecule has 0 radical (unpaired) electrons. The minimum Gasteiger partial charge on any atom is -0.853 e. The van der Waals surface area contributed by atoms with E-state index in [0.29, 0.717) is 4.68 Å². The van der Waals surface area contributed by atoms with Crippen LogP contribution >= 0.6 is 0 Å². The van der Waals surface area contributed by atoms with Gasteiger partial charge in [-0.25, -0.2) is 0 Å². The van der Waals surface area contributed by atoms with Gasteiger partial charge in [0, 0.05) is 24.9 Å². The summed E-state index contributed by atoms with van der Waals surface area (Å²) in [5.74, 6) is -16.9. The van der Waals surface area contributed by atoms with Crippen molar-refractivity contribution < 1.29 is 45.3 Å². The Morgan fingerprint density at radius 1 is 1.23 bits per heavy atom. The molecular weight excluding hydrogens is 375 g/mol. The van der Waals surface area contributed by atoms with Crippen LogP contribution in [0.1, 0.15) is 11.5 Å². The van der Waals surface area contributed by atoms with Gasteiger partial charge in [-0.05, 0) is 11.2 Å². The van der Waals surface area contributed by atoms with E-state index in [0.717, 1.165) is 18.5 Å². The maximum absolute atomic E-state index is 13.3. The first-order valence-electron chi connectivity index (χ1n) is 6.84. The predicted molar refractivity (Wildman–Crippen MR) is 70.1 cm³/mol. The molecule has 2 heterocycles. The molecule has 1 aliphatic rings. The second-order valence-corrected chi connectivity index (χ2v) is 5.34. The Morgan fingerprint density at radius 3 is 2.35 bits per heavy atom. The van der Waals surface area contributed by atoms with Gasteiger partial charge in [0.15, 0.2) is 0 Å². The van der Waals surface area contributed by atoms with E-state index < -0.39 is 35.7 Å². The molecule has 0 N–H and O–H groups in total. The number of halogens is 7. The number of hydrogen-bond acceptors (Lipinski definition) is 3. The van der Waals surface area contributed by atoms with Gasteiger partial charge in [-0.15, -0.1) is 0 Å². The Labute approximate surface area is 141 Å². The zero-order chi connectivity index (χ0) is 19.9. The van der Waals surface area contributed by atoms with Crippen molar-refractivity contribution in [2.24, 2.45) is 5.10 Å². The molecule has 142 valence electrons. The molecule has 1 atom stereocenters. The van der Waals surface area contributed by atoms with Crippen molar-refractivity contribution in [3.05, 3.63) is 42.4 Å². The van der Waals surface area contributed by atoms with Crippen LogP contribution in [-0.2, 0) is 4.79 Å². The van der Waals surface area contributed by atoms with Crippen LogP contribution in [0.25, 0.3) is 0 Å². The van der Waals surface area contributed by atoms with Gasteiger partial charge in [0.25, 0.3) is 0 Å². The minimum absolute atomic E-state index is 0.167. The molecule has 26 heavy (non-hydrogen) atoms. The van der Waals surface area contributed by atoms with E-state index in [2.05, 4.69) is 5.10 Å². The quantitative estimate of drug-likeness (QED) is 0.341. The van der Waals surface area contributed by atoms with Crippen molar-refractivity contribution in [1.29, 1.82) is 0 Å². The first-order chi connectivity index (χ1) is 11.8. The summed E-state index contributed by atoms with van der Waals surface area (Å²) < 4.78 is 88.9. The number of aromatic nitrogens is 1. The molecular formula is C14H10F7N3O2. The number of carbonyl (C=O) groups is 1. The van der Waals surface area contributed by atoms with E-state index in [1.165, 1.54) is 30.3 Å². The molecule has 1 amide bonds. The highest BCUT2D eigenvalue weighted by Crippen LogP contribution is 2.46. The number of hydrogen-bond donors (Lipinski definition) is 0. The van der Waals surface area contributed by atoms with Gasteiger partial charge >= 0.3 is 18.0 Å². The van der Waals surface area contributed by atoms with Gasteiger partial charge in [0.2, 0.25) is 18.3 Å². The Kier molecular flexibility index (Phi) is 4.73. The number of pyridine rings is 1. The zero-order valence-corrected chi connectivity index (χ0v) is 12.8. The third-order valence-corrected chi connectivity index (χ3v) is 3.51. The summed E-state index contributed by atoms with van der Waals surface area (Å²) in [5, 5.41) is 13.9. The Bertz CT molecular complexity index is 774. The van der Waals surface area contributed by atoms with E-state index in [1.807, 2.05) is 0 Å². The van der Waals surface area contributed by atoms with Crippen LogP contribution in [0.5, 0.6) is 0 Å². The Hall–Kier alpha value is -2.66. The van der Waals surface area contributed by atoms with Crippen LogP contribution in [0, 0.1) is 0 Å². The van der Waals surface area contributed by atoms with E-state index in [1.54, 1.807) is 0 Å². The second kappa shape index (κ2) is 6.25. The van der Waals surface area contributed by atoms with Crippen LogP contribution in [-0.4, -0.2) is 41.8 Å². The third-order valence-electron chi connectivity index (χ3n) is 3.51. The van der Waals surface area contributed by atoms with Gasteiger partial charge in [-0.1, -0.05) is 10.8 Å². The summed E-state index contributed by atoms with van der Waals surface area (Å²) in [6, 6.07) is 2.52. The van der Waals surface area contributed by atoms with Gasteiger partial charge in [-0.3, -0.25) is 4.79 Å². The average molecular weight is 385 g/mol. The van der Waals surface area contributed by atoms with Crippen LogP contribution in [0.4, 0.5) is 30.7 Å². The highest BCUT2D eigenvalue weighted by Gasteiger charge is 2.73. The monoisotopic (exact) mass is 385 g/mol. The molecule has 1 aromatic heterocycles. The van der Waals surface area contributed by atoms with Crippen molar-refractivity contribution >= 4 is 11.8 Å². The fourth-order valence-electron chi connectivity index (χ4n) is 2.05. The van der Waals surface area contributed by atoms with Crippen LogP contribution in [0.3, 0.4) is 0 Å². The van der Waals surface area contributed by atoms with Crippen LogP contribution in [0.15, 0.2) is 41.9 Å². The van der Waals surface area contributed by atoms with Crippen molar-refractivity contribution in [3.8, 4) is 0 Å². The third kappa shape index (κ3) is 3.22. The fourth-order valence-corrected chi connectivity index (χ4v) is 2.05. The molecule has 2 rings (SSSR count). The Balaban J connectivity index is 2.37. The predicted octanol–water partition coefficient (Wildman–Crippen LogP) is 1.40. The second-order valence-electron chi connectivity index (χ2n) is 5.34. The van der Waals surface area contributed by atoms with E-state index in [4.69, 9.17) is 0 Å². The standard InChI is InChI=1S/C14H10F7N3O2/c1-23-6-4-9(10(23)25)8-3-2-5-24(7-8)22-11(26)12(15,16)13(17,18)14(19,20)21/h2-7,9H,1H3/t9-/m0/s1. The molecule has 0 saturated carbocycles. The molecule has 5 nitrogen and oxygen atoms in total. The molecule has 0 spiro atoms. The summed E-state index contributed by atoms with van der Waals surface area (Å²) in [6.07, 6.45) is -2.01. The maximum atomic E-state index is 13.3. The number of nitrogens with zero attached hydrogens (tertiary/aromatic N) is 3. The molecule has 0 fully saturated rings. The van der Waals surface area contributed by atoms with Gasteiger partial charge in [0.05, 0.1) is 5.92 Å². The molecule has 0 aliphatic carbocycles. The first-order valence-corrected chi connectivity index (χ1v) is 6.84. The van der Waals surface area contributed by atoms with Crippen LogP contribution in [0.2, 0.25) is 0 Å². The normalized spacial score (nSPS) is 19.4. The molecule has 0 bridgehead atoms. The molecule has 1 aliphatic heterocycles. The van der Waals surface area contributed by atoms with Crippen molar-refractivity contribution in [2.75, 3.05) is 7.05 Å². The van der Waals surface area contributed by atoms with Crippen molar-refractivity contribution in [3.63, 3.8) is 0 Å². The number of likely N-dealkylation sites (N-methyl/N-ethyl adjacent to an activating group) is 1. The summed E-state index contributed by atoms with van der Waals surface area (Å²) in [4.78, 5) is 13.1. The van der Waals surface area contributed by atoms with Crippen molar-refractivity contribution in [1.82, 2.24) is 4.90 Å². The molecule has 0 saturated heterocycles. The van der Waals surface area contributed by atoms with E-state index in [9.17, 15) is 40.6 Å². The average Bonchev–Trinajstić information content (AvgIpc) is 2.86. The summed E-state index contributed by atoms with van der Waals surface area (Å²) in [5.41, 5.74) is 0.167. The molecule has 0 unspecified atom stereocenters. The van der Waals surface area contributed by atoms with E-state index in [-0.39, 0.29) is 5.56 Å². The van der Waals surface area contributed by atoms with Gasteiger partial charge in [0.1, 0.15) is 5.90 Å². The largest absolute Gasteiger partial charge is 0.853 e. The van der Waals surface area contributed by atoms with E-state index >= 15 is 0 Å². The number of alkyl halides is 7. The zero-order valence-electron chi connectivity index (χ0n) is 12.8. The smallest absolute Gasteiger partial charge is 0.460 e. The number of rotatable bonds is 4. The van der Waals surface area contributed by atoms with Gasteiger partial charge in [-0.2, -0.15) is 30.7 Å². The fraction of sp³-hybridized carbons (Fsp3) is 0.357. The summed E-state index contributed by atoms with van der Waals surface area (Å²) in [7, 11) is 1.45. The maximum Gasteiger partial charge on any atom is 0.460 e. The lowest BCUT2D eigenvalue weighted by molar-refractivity contribution is -0.682. The minimum atomic E-state index is -6.64. The lowest BCUT2D eigenvalue weighted by atomic mass is 10.0. The first kappa shape index (κ1) is 19.7. The highest BCUT2D eigenvalue weighted by atomic mass is 19.4. The molecule has 1 aromatic rings. The lowest BCUT2D eigenvalue weighted by Gasteiger charge is -2.29. The van der Waals surface area contributed by atoms with Gasteiger partial charge < -0.3 is 10.0 Å². The number of amides is 1. The summed E-state index contributed by atoms with van der Waals surface area (Å²) >= 11 is 0. The Morgan fingerprint density at radius 2 is 1.85 bits per heavy atom. The lowest BCUT2D eigenvalue weighted by Crippen LogP contribution is -2.60. The number of carbonyl (C=O) groups excluding carboxylic acids is 1. The SMILES string of the molecule is CN1C=C[C@@H](c2ccc[n+](/N=C(/[O-])C(F)(F)C(F)(F)C(F)(F)F)c2)C1=O. The molecule has 0 aromatic carbocycles. The van der Waals surface area contributed by atoms with Crippen LogP contribution < -0.4 is 9.78 Å².